The smallest absolute Gasteiger partial charge is 0.257 e. The zero-order chi connectivity index (χ0) is 13.0. The van der Waals surface area contributed by atoms with Crippen LogP contribution in [0.5, 0.6) is 0 Å². The maximum absolute atomic E-state index is 12.0. The predicted molar refractivity (Wildman–Crippen MR) is 74.2 cm³/mol. The third-order valence-corrected chi connectivity index (χ3v) is 2.82. The summed E-state index contributed by atoms with van der Waals surface area (Å²) in [7, 11) is 0. The number of anilines is 1. The predicted octanol–water partition coefficient (Wildman–Crippen LogP) is 2.56. The first-order valence-electron chi connectivity index (χ1n) is 5.40. The minimum atomic E-state index is -0.196. The molecule has 0 aliphatic rings. The third kappa shape index (κ3) is 3.15. The number of halogens is 1. The fourth-order valence-corrected chi connectivity index (χ4v) is 1.88. The summed E-state index contributed by atoms with van der Waals surface area (Å²) in [5.41, 5.74) is 7.75. The van der Waals surface area contributed by atoms with Crippen LogP contribution >= 0.6 is 15.9 Å². The van der Waals surface area contributed by atoms with Gasteiger partial charge in [-0.15, -0.1) is 0 Å². The number of carbonyl (C=O) groups excluding carboxylic acids is 1. The Kier molecular flexibility index (Phi) is 4.07. The first-order chi connectivity index (χ1) is 8.69. The molecule has 0 unspecified atom stereocenters. The summed E-state index contributed by atoms with van der Waals surface area (Å²) in [5, 5.41) is 2.80. The molecule has 1 aromatic carbocycles. The molecule has 3 N–H and O–H groups in total. The molecule has 0 atom stereocenters. The van der Waals surface area contributed by atoms with Crippen molar-refractivity contribution in [3.05, 3.63) is 58.3 Å². The molecular weight excluding hydrogens is 294 g/mol. The number of nitrogens with two attached hydrogens (primary N) is 1. The van der Waals surface area contributed by atoms with E-state index < -0.39 is 0 Å². The topological polar surface area (TPSA) is 68.0 Å². The number of pyridine rings is 1. The van der Waals surface area contributed by atoms with Crippen LogP contribution in [0.1, 0.15) is 15.9 Å². The number of hydrogen-bond donors (Lipinski definition) is 2. The van der Waals surface area contributed by atoms with E-state index in [2.05, 4.69) is 26.2 Å². The second-order valence-electron chi connectivity index (χ2n) is 3.75. The van der Waals surface area contributed by atoms with Crippen LogP contribution in [0.4, 0.5) is 5.69 Å². The van der Waals surface area contributed by atoms with Crippen molar-refractivity contribution in [1.82, 2.24) is 4.98 Å². The van der Waals surface area contributed by atoms with E-state index in [0.29, 0.717) is 12.1 Å². The van der Waals surface area contributed by atoms with E-state index in [-0.39, 0.29) is 5.91 Å². The number of hydrogen-bond acceptors (Lipinski definition) is 3. The van der Waals surface area contributed by atoms with Gasteiger partial charge in [0.25, 0.3) is 5.91 Å². The van der Waals surface area contributed by atoms with Gasteiger partial charge >= 0.3 is 0 Å². The lowest BCUT2D eigenvalue weighted by Crippen LogP contribution is -2.12. The van der Waals surface area contributed by atoms with Gasteiger partial charge in [-0.25, -0.2) is 0 Å². The quantitative estimate of drug-likeness (QED) is 0.915. The normalized spacial score (nSPS) is 10.1. The number of benzene rings is 1. The van der Waals surface area contributed by atoms with Crippen molar-refractivity contribution in [1.29, 1.82) is 0 Å². The summed E-state index contributed by atoms with van der Waals surface area (Å²) in [5.74, 6) is -0.196. The summed E-state index contributed by atoms with van der Waals surface area (Å²) < 4.78 is 0.769. The van der Waals surface area contributed by atoms with E-state index in [1.54, 1.807) is 12.3 Å². The van der Waals surface area contributed by atoms with E-state index in [4.69, 9.17) is 5.73 Å². The molecule has 0 radical (unpaired) electrons. The van der Waals surface area contributed by atoms with E-state index in [1.165, 1.54) is 6.20 Å². The molecule has 0 saturated carbocycles. The molecule has 0 saturated heterocycles. The summed E-state index contributed by atoms with van der Waals surface area (Å²) >= 11 is 3.28. The lowest BCUT2D eigenvalue weighted by Gasteiger charge is -2.06. The Bertz CT molecular complexity index is 572. The van der Waals surface area contributed by atoms with Crippen LogP contribution in [-0.2, 0) is 6.54 Å². The van der Waals surface area contributed by atoms with Gasteiger partial charge in [0.05, 0.1) is 5.56 Å². The highest BCUT2D eigenvalue weighted by atomic mass is 79.9. The average Bonchev–Trinajstić information content (AvgIpc) is 2.39. The molecule has 0 aliphatic heterocycles. The number of nitrogens with one attached hydrogen (secondary N) is 1. The molecule has 0 aliphatic carbocycles. The Hall–Kier alpha value is -1.72. The number of carbonyl (C=O) groups is 1. The van der Waals surface area contributed by atoms with Crippen molar-refractivity contribution in [2.24, 2.45) is 5.73 Å². The minimum absolute atomic E-state index is 0.196. The van der Waals surface area contributed by atoms with Crippen molar-refractivity contribution in [2.75, 3.05) is 5.32 Å². The molecule has 4 nitrogen and oxygen atoms in total. The van der Waals surface area contributed by atoms with Gasteiger partial charge in [0.2, 0.25) is 0 Å². The highest BCUT2D eigenvalue weighted by Crippen LogP contribution is 2.14. The van der Waals surface area contributed by atoms with Gasteiger partial charge in [0, 0.05) is 29.1 Å². The fourth-order valence-electron chi connectivity index (χ4n) is 1.52. The standard InChI is InChI=1S/C13H12BrN3O/c14-11-5-10(7-16-8-11)13(18)17-12-3-1-2-9(4-12)6-15/h1-5,7-8H,6,15H2,(H,17,18). The van der Waals surface area contributed by atoms with Gasteiger partial charge in [0.1, 0.15) is 0 Å². The van der Waals surface area contributed by atoms with E-state index in [1.807, 2.05) is 24.3 Å². The molecule has 1 heterocycles. The first-order valence-corrected chi connectivity index (χ1v) is 6.19. The molecule has 1 amide bonds. The average molecular weight is 306 g/mol. The van der Waals surface area contributed by atoms with Crippen molar-refractivity contribution in [3.8, 4) is 0 Å². The molecule has 0 spiro atoms. The van der Waals surface area contributed by atoms with Gasteiger partial charge in [-0.1, -0.05) is 12.1 Å². The molecule has 5 heteroatoms. The lowest BCUT2D eigenvalue weighted by atomic mass is 10.2. The number of aromatic nitrogens is 1. The van der Waals surface area contributed by atoms with Crippen molar-refractivity contribution in [2.45, 2.75) is 6.54 Å². The van der Waals surface area contributed by atoms with Crippen molar-refractivity contribution < 1.29 is 4.79 Å². The van der Waals surface area contributed by atoms with Crippen LogP contribution in [0.2, 0.25) is 0 Å². The van der Waals surface area contributed by atoms with E-state index >= 15 is 0 Å². The Labute approximate surface area is 113 Å². The van der Waals surface area contributed by atoms with Crippen molar-refractivity contribution >= 4 is 27.5 Å². The zero-order valence-corrected chi connectivity index (χ0v) is 11.1. The summed E-state index contributed by atoms with van der Waals surface area (Å²) in [6, 6.07) is 9.16. The SMILES string of the molecule is NCc1cccc(NC(=O)c2cncc(Br)c2)c1. The van der Waals surface area contributed by atoms with Crippen LogP contribution in [0.15, 0.2) is 47.2 Å². The number of amides is 1. The van der Waals surface area contributed by atoms with Crippen LogP contribution < -0.4 is 11.1 Å². The molecule has 2 aromatic rings. The molecular formula is C13H12BrN3O. The number of nitrogens with zero attached hydrogens (tertiary/aromatic N) is 1. The maximum atomic E-state index is 12.0. The van der Waals surface area contributed by atoms with E-state index in [0.717, 1.165) is 15.7 Å². The van der Waals surface area contributed by atoms with Gasteiger partial charge in [-0.2, -0.15) is 0 Å². The maximum Gasteiger partial charge on any atom is 0.257 e. The highest BCUT2D eigenvalue weighted by molar-refractivity contribution is 9.10. The van der Waals surface area contributed by atoms with Gasteiger partial charge in [-0.3, -0.25) is 9.78 Å². The summed E-state index contributed by atoms with van der Waals surface area (Å²) in [6.45, 7) is 0.447. The van der Waals surface area contributed by atoms with Crippen LogP contribution in [0.25, 0.3) is 0 Å². The fraction of sp³-hybridized carbons (Fsp3) is 0.0769. The van der Waals surface area contributed by atoms with Crippen LogP contribution in [-0.4, -0.2) is 10.9 Å². The Morgan fingerprint density at radius 1 is 1.33 bits per heavy atom. The molecule has 1 aromatic heterocycles. The Balaban J connectivity index is 2.16. The largest absolute Gasteiger partial charge is 0.326 e. The van der Waals surface area contributed by atoms with Crippen molar-refractivity contribution in [3.63, 3.8) is 0 Å². The van der Waals surface area contributed by atoms with Gasteiger partial charge in [-0.05, 0) is 39.7 Å². The molecule has 0 fully saturated rings. The summed E-state index contributed by atoms with van der Waals surface area (Å²) in [4.78, 5) is 15.9. The van der Waals surface area contributed by atoms with Crippen LogP contribution in [0, 0.1) is 0 Å². The second kappa shape index (κ2) is 5.75. The molecule has 0 bridgehead atoms. The summed E-state index contributed by atoms with van der Waals surface area (Å²) in [6.07, 6.45) is 3.15. The first kappa shape index (κ1) is 12.7. The second-order valence-corrected chi connectivity index (χ2v) is 4.67. The van der Waals surface area contributed by atoms with Gasteiger partial charge in [0.15, 0.2) is 0 Å². The number of rotatable bonds is 3. The lowest BCUT2D eigenvalue weighted by molar-refractivity contribution is 0.102. The third-order valence-electron chi connectivity index (χ3n) is 2.39. The highest BCUT2D eigenvalue weighted by Gasteiger charge is 2.07. The minimum Gasteiger partial charge on any atom is -0.326 e. The zero-order valence-electron chi connectivity index (χ0n) is 9.56. The Morgan fingerprint density at radius 3 is 2.89 bits per heavy atom. The monoisotopic (exact) mass is 305 g/mol. The molecule has 92 valence electrons. The van der Waals surface area contributed by atoms with Crippen LogP contribution in [0.3, 0.4) is 0 Å². The molecule has 18 heavy (non-hydrogen) atoms. The molecule has 2 rings (SSSR count). The van der Waals surface area contributed by atoms with E-state index in [9.17, 15) is 4.79 Å². The van der Waals surface area contributed by atoms with Gasteiger partial charge < -0.3 is 11.1 Å². The Morgan fingerprint density at radius 2 is 2.17 bits per heavy atom.